The van der Waals surface area contributed by atoms with E-state index in [1.807, 2.05) is 0 Å². The van der Waals surface area contributed by atoms with Gasteiger partial charge in [0.2, 0.25) is 0 Å². The van der Waals surface area contributed by atoms with Gasteiger partial charge < -0.3 is 0 Å². The van der Waals surface area contributed by atoms with Crippen molar-refractivity contribution in [1.29, 1.82) is 0 Å². The largest absolute Gasteiger partial charge is 0.446 e. The molecule has 2 atom stereocenters. The van der Waals surface area contributed by atoms with E-state index in [4.69, 9.17) is 0 Å². The van der Waals surface area contributed by atoms with E-state index in [1.54, 1.807) is 12.1 Å². The molecule has 0 amide bonds. The van der Waals surface area contributed by atoms with Crippen LogP contribution in [0.2, 0.25) is 0 Å². The highest BCUT2D eigenvalue weighted by atomic mass is 79.9. The third-order valence-corrected chi connectivity index (χ3v) is 6.99. The average molecular weight is 528 g/mol. The summed E-state index contributed by atoms with van der Waals surface area (Å²) in [5.41, 5.74) is -4.07. The van der Waals surface area contributed by atoms with Gasteiger partial charge in [-0.15, -0.1) is 0 Å². The number of halogens is 7. The van der Waals surface area contributed by atoms with Gasteiger partial charge in [0.25, 0.3) is 0 Å². The Balaban J connectivity index is 2.14. The SMILES string of the molecule is Fc1ccccc1C1(Br)C=C(SC(F)(F)F)CC(Br)(c2ccccc2F)C1. The van der Waals surface area contributed by atoms with Crippen LogP contribution in [0.5, 0.6) is 0 Å². The topological polar surface area (TPSA) is 0 Å². The molecule has 0 nitrogen and oxygen atoms in total. The zero-order valence-corrected chi connectivity index (χ0v) is 17.7. The van der Waals surface area contributed by atoms with Crippen molar-refractivity contribution in [3.05, 3.63) is 82.3 Å². The van der Waals surface area contributed by atoms with Gasteiger partial charge >= 0.3 is 5.51 Å². The molecule has 0 heterocycles. The maximum atomic E-state index is 14.5. The molecule has 0 saturated carbocycles. The molecule has 0 saturated heterocycles. The summed E-state index contributed by atoms with van der Waals surface area (Å²) >= 11 is 6.68. The molecule has 8 heteroatoms. The van der Waals surface area contributed by atoms with Crippen molar-refractivity contribution >= 4 is 43.6 Å². The van der Waals surface area contributed by atoms with E-state index in [0.29, 0.717) is 0 Å². The van der Waals surface area contributed by atoms with E-state index in [0.717, 1.165) is 0 Å². The number of hydrogen-bond donors (Lipinski definition) is 0. The summed E-state index contributed by atoms with van der Waals surface area (Å²) < 4.78 is 65.7. The molecule has 1 aliphatic rings. The molecule has 3 rings (SSSR count). The normalized spacial score (nSPS) is 26.0. The highest BCUT2D eigenvalue weighted by molar-refractivity contribution is 9.10. The van der Waals surface area contributed by atoms with Gasteiger partial charge in [-0.25, -0.2) is 8.78 Å². The van der Waals surface area contributed by atoms with Gasteiger partial charge in [-0.3, -0.25) is 0 Å². The second-order valence-corrected chi connectivity index (χ2v) is 10.4. The van der Waals surface area contributed by atoms with E-state index in [2.05, 4.69) is 31.9 Å². The number of allylic oxidation sites excluding steroid dienone is 2. The first kappa shape index (κ1) is 20.9. The maximum Gasteiger partial charge on any atom is 0.446 e. The van der Waals surface area contributed by atoms with E-state index < -0.39 is 25.8 Å². The fraction of sp³-hybridized carbons (Fsp3) is 0.263. The van der Waals surface area contributed by atoms with Crippen LogP contribution in [0.3, 0.4) is 0 Å². The predicted molar refractivity (Wildman–Crippen MR) is 105 cm³/mol. The first-order valence-electron chi connectivity index (χ1n) is 7.88. The molecule has 2 aromatic carbocycles. The maximum absolute atomic E-state index is 14.5. The van der Waals surface area contributed by atoms with Gasteiger partial charge in [-0.1, -0.05) is 74.3 Å². The molecule has 0 fully saturated rings. The Hall–Kier alpha value is -0.860. The molecule has 27 heavy (non-hydrogen) atoms. The van der Waals surface area contributed by atoms with Gasteiger partial charge in [-0.05, 0) is 41.6 Å². The third kappa shape index (κ3) is 4.59. The van der Waals surface area contributed by atoms with Crippen LogP contribution in [0, 0.1) is 11.6 Å². The fourth-order valence-electron chi connectivity index (χ4n) is 3.30. The number of thioether (sulfide) groups is 1. The molecule has 2 unspecified atom stereocenters. The van der Waals surface area contributed by atoms with E-state index in [9.17, 15) is 22.0 Å². The monoisotopic (exact) mass is 526 g/mol. The highest BCUT2D eigenvalue weighted by Gasteiger charge is 2.48. The van der Waals surface area contributed by atoms with Crippen molar-refractivity contribution in [3.8, 4) is 0 Å². The second kappa shape index (κ2) is 7.52. The summed E-state index contributed by atoms with van der Waals surface area (Å²) in [6.07, 6.45) is 1.44. The number of alkyl halides is 5. The Kier molecular flexibility index (Phi) is 5.81. The van der Waals surface area contributed by atoms with Crippen LogP contribution in [-0.4, -0.2) is 5.51 Å². The van der Waals surface area contributed by atoms with Crippen LogP contribution >= 0.6 is 43.6 Å². The highest BCUT2D eigenvalue weighted by Crippen LogP contribution is 2.58. The van der Waals surface area contributed by atoms with Crippen molar-refractivity contribution < 1.29 is 22.0 Å². The molecule has 0 aliphatic heterocycles. The third-order valence-electron chi connectivity index (χ3n) is 4.31. The van der Waals surface area contributed by atoms with E-state index in [-0.39, 0.29) is 40.6 Å². The lowest BCUT2D eigenvalue weighted by atomic mass is 9.78. The summed E-state index contributed by atoms with van der Waals surface area (Å²) in [6, 6.07) is 11.8. The minimum absolute atomic E-state index is 0.0194. The Morgan fingerprint density at radius 1 is 0.852 bits per heavy atom. The lowest BCUT2D eigenvalue weighted by Gasteiger charge is -2.41. The number of benzene rings is 2. The van der Waals surface area contributed by atoms with Crippen LogP contribution in [-0.2, 0) is 8.65 Å². The first-order chi connectivity index (χ1) is 12.5. The molecule has 2 aromatic rings. The quantitative estimate of drug-likeness (QED) is 0.290. The zero-order chi connectivity index (χ0) is 19.9. The fourth-order valence-corrected chi connectivity index (χ4v) is 7.04. The Labute approximate surface area is 174 Å². The lowest BCUT2D eigenvalue weighted by molar-refractivity contribution is -0.0323. The molecular formula is C19H13Br2F5S. The average Bonchev–Trinajstić information content (AvgIpc) is 2.52. The number of hydrogen-bond acceptors (Lipinski definition) is 1. The molecule has 0 radical (unpaired) electrons. The van der Waals surface area contributed by atoms with Crippen molar-refractivity contribution in [2.45, 2.75) is 27.0 Å². The molecule has 0 bridgehead atoms. The Morgan fingerprint density at radius 2 is 1.37 bits per heavy atom. The van der Waals surface area contributed by atoms with Crippen LogP contribution in [0.15, 0.2) is 59.5 Å². The second-order valence-electron chi connectivity index (χ2n) is 6.30. The van der Waals surface area contributed by atoms with Crippen LogP contribution in [0.25, 0.3) is 0 Å². The van der Waals surface area contributed by atoms with Gasteiger partial charge in [0.1, 0.15) is 11.6 Å². The molecule has 0 N–H and O–H groups in total. The Morgan fingerprint density at radius 3 is 1.89 bits per heavy atom. The minimum atomic E-state index is -4.50. The summed E-state index contributed by atoms with van der Waals surface area (Å²) in [6.45, 7) is 0. The molecular weight excluding hydrogens is 515 g/mol. The Bertz CT molecular complexity index is 882. The minimum Gasteiger partial charge on any atom is -0.207 e. The first-order valence-corrected chi connectivity index (χ1v) is 10.3. The van der Waals surface area contributed by atoms with Crippen LogP contribution in [0.1, 0.15) is 24.0 Å². The smallest absolute Gasteiger partial charge is 0.207 e. The summed E-state index contributed by atoms with van der Waals surface area (Å²) in [5, 5.41) is 0. The van der Waals surface area contributed by atoms with Gasteiger partial charge in [0, 0.05) is 11.1 Å². The van der Waals surface area contributed by atoms with Gasteiger partial charge in [0.15, 0.2) is 0 Å². The van der Waals surface area contributed by atoms with Gasteiger partial charge in [0.05, 0.1) is 8.65 Å². The molecule has 0 spiro atoms. The lowest BCUT2D eigenvalue weighted by Crippen LogP contribution is -2.34. The van der Waals surface area contributed by atoms with Crippen molar-refractivity contribution in [1.82, 2.24) is 0 Å². The zero-order valence-electron chi connectivity index (χ0n) is 13.7. The van der Waals surface area contributed by atoms with Gasteiger partial charge in [-0.2, -0.15) is 13.2 Å². The van der Waals surface area contributed by atoms with Crippen LogP contribution < -0.4 is 0 Å². The molecule has 144 valence electrons. The van der Waals surface area contributed by atoms with Crippen molar-refractivity contribution in [3.63, 3.8) is 0 Å². The number of rotatable bonds is 3. The van der Waals surface area contributed by atoms with Crippen LogP contribution in [0.4, 0.5) is 22.0 Å². The standard InChI is InChI=1S/C19H13Br2F5S/c20-17(13-5-1-3-7-15(13)22)9-12(27-19(24,25)26)10-18(21,11-17)14-6-2-4-8-16(14)23/h1-9H,10-11H2. The summed E-state index contributed by atoms with van der Waals surface area (Å²) in [7, 11) is 0. The van der Waals surface area contributed by atoms with Crippen molar-refractivity contribution in [2.75, 3.05) is 0 Å². The molecule has 0 aromatic heterocycles. The summed E-state index contributed by atoms with van der Waals surface area (Å²) in [4.78, 5) is -0.0194. The van der Waals surface area contributed by atoms with E-state index >= 15 is 0 Å². The predicted octanol–water partition coefficient (Wildman–Crippen LogP) is 7.78. The van der Waals surface area contributed by atoms with Crippen molar-refractivity contribution in [2.24, 2.45) is 0 Å². The molecule has 1 aliphatic carbocycles. The summed E-state index contributed by atoms with van der Waals surface area (Å²) in [5.74, 6) is -1.08. The van der Waals surface area contributed by atoms with E-state index in [1.165, 1.54) is 42.5 Å².